The van der Waals surface area contributed by atoms with Crippen molar-refractivity contribution in [2.75, 3.05) is 0 Å². The largest absolute Gasteiger partial charge is 0.358 e. The smallest absolute Gasteiger partial charge is 0.224 e. The summed E-state index contributed by atoms with van der Waals surface area (Å²) in [7, 11) is 0. The average Bonchev–Trinajstić information content (AvgIpc) is 2.83. The Hall–Kier alpha value is -2.62. The van der Waals surface area contributed by atoms with Gasteiger partial charge in [-0.2, -0.15) is 0 Å². The molecule has 118 valence electrons. The summed E-state index contributed by atoms with van der Waals surface area (Å²) in [6.45, 7) is 6.71. The Morgan fingerprint density at radius 2 is 2.09 bits per heavy atom. The first-order chi connectivity index (χ1) is 11.0. The number of amides is 1. The predicted molar refractivity (Wildman–Crippen MR) is 92.3 cm³/mol. The second kappa shape index (κ2) is 6.24. The van der Waals surface area contributed by atoms with Crippen LogP contribution >= 0.6 is 0 Å². The summed E-state index contributed by atoms with van der Waals surface area (Å²) in [5, 5.41) is 4.12. The van der Waals surface area contributed by atoms with E-state index in [1.807, 2.05) is 19.1 Å². The quantitative estimate of drug-likeness (QED) is 0.776. The molecule has 1 aromatic carbocycles. The fourth-order valence-electron chi connectivity index (χ4n) is 2.99. The van der Waals surface area contributed by atoms with Crippen molar-refractivity contribution in [2.45, 2.75) is 33.7 Å². The van der Waals surface area contributed by atoms with E-state index < -0.39 is 0 Å². The number of benzene rings is 1. The highest BCUT2D eigenvalue weighted by molar-refractivity contribution is 5.92. The second-order valence-electron chi connectivity index (χ2n) is 6.05. The Kier molecular flexibility index (Phi) is 4.15. The van der Waals surface area contributed by atoms with Gasteiger partial charge in [-0.3, -0.25) is 9.78 Å². The van der Waals surface area contributed by atoms with E-state index in [0.717, 1.165) is 27.7 Å². The molecule has 23 heavy (non-hydrogen) atoms. The number of carbonyl (C=O) groups is 1. The average molecular weight is 307 g/mol. The van der Waals surface area contributed by atoms with Crippen LogP contribution < -0.4 is 5.32 Å². The third-order valence-corrected chi connectivity index (χ3v) is 4.12. The van der Waals surface area contributed by atoms with Crippen LogP contribution in [-0.2, 0) is 17.8 Å². The normalized spacial score (nSPS) is 10.9. The molecule has 0 bridgehead atoms. The van der Waals surface area contributed by atoms with Crippen molar-refractivity contribution < 1.29 is 4.79 Å². The number of hydrogen-bond donors (Lipinski definition) is 2. The zero-order valence-electron chi connectivity index (χ0n) is 13.7. The minimum atomic E-state index is 0.0250. The molecule has 3 aromatic rings. The van der Waals surface area contributed by atoms with Crippen LogP contribution in [0.3, 0.4) is 0 Å². The molecule has 0 unspecified atom stereocenters. The molecule has 0 saturated carbocycles. The van der Waals surface area contributed by atoms with Gasteiger partial charge >= 0.3 is 0 Å². The van der Waals surface area contributed by atoms with Crippen molar-refractivity contribution in [1.82, 2.24) is 15.3 Å². The Morgan fingerprint density at radius 1 is 1.26 bits per heavy atom. The van der Waals surface area contributed by atoms with Crippen molar-refractivity contribution in [3.05, 3.63) is 64.6 Å². The maximum atomic E-state index is 12.3. The molecule has 0 aliphatic carbocycles. The van der Waals surface area contributed by atoms with Crippen LogP contribution in [0.5, 0.6) is 0 Å². The monoisotopic (exact) mass is 307 g/mol. The van der Waals surface area contributed by atoms with E-state index in [4.69, 9.17) is 0 Å². The van der Waals surface area contributed by atoms with E-state index in [0.29, 0.717) is 13.0 Å². The summed E-state index contributed by atoms with van der Waals surface area (Å²) in [4.78, 5) is 19.8. The summed E-state index contributed by atoms with van der Waals surface area (Å²) in [5.41, 5.74) is 6.70. The van der Waals surface area contributed by atoms with Gasteiger partial charge in [0.1, 0.15) is 0 Å². The van der Waals surface area contributed by atoms with Gasteiger partial charge in [0.25, 0.3) is 0 Å². The molecular formula is C19H21N3O. The molecule has 2 aromatic heterocycles. The lowest BCUT2D eigenvalue weighted by atomic mass is 10.0. The lowest BCUT2D eigenvalue weighted by Gasteiger charge is -2.06. The number of pyridine rings is 1. The molecule has 0 radical (unpaired) electrons. The van der Waals surface area contributed by atoms with E-state index >= 15 is 0 Å². The molecule has 3 rings (SSSR count). The fraction of sp³-hybridized carbons (Fsp3) is 0.263. The summed E-state index contributed by atoms with van der Waals surface area (Å²) in [5.74, 6) is 0.0250. The second-order valence-corrected chi connectivity index (χ2v) is 6.05. The van der Waals surface area contributed by atoms with Crippen LogP contribution in [0.4, 0.5) is 0 Å². The first kappa shape index (κ1) is 15.3. The van der Waals surface area contributed by atoms with Gasteiger partial charge in [0.15, 0.2) is 0 Å². The molecule has 0 aliphatic heterocycles. The highest BCUT2D eigenvalue weighted by atomic mass is 16.1. The van der Waals surface area contributed by atoms with Gasteiger partial charge in [0.05, 0.1) is 6.42 Å². The first-order valence-electron chi connectivity index (χ1n) is 7.78. The summed E-state index contributed by atoms with van der Waals surface area (Å²) < 4.78 is 0. The van der Waals surface area contributed by atoms with Crippen LogP contribution in [0.25, 0.3) is 10.9 Å². The third-order valence-electron chi connectivity index (χ3n) is 4.12. The molecular weight excluding hydrogens is 286 g/mol. The van der Waals surface area contributed by atoms with Gasteiger partial charge in [0.2, 0.25) is 5.91 Å². The molecule has 0 aliphatic rings. The van der Waals surface area contributed by atoms with Gasteiger partial charge in [-0.1, -0.05) is 17.7 Å². The van der Waals surface area contributed by atoms with E-state index in [-0.39, 0.29) is 5.91 Å². The molecule has 0 spiro atoms. The number of aromatic amines is 1. The van der Waals surface area contributed by atoms with Crippen molar-refractivity contribution in [3.63, 3.8) is 0 Å². The number of nitrogens with one attached hydrogen (secondary N) is 2. The van der Waals surface area contributed by atoms with Crippen molar-refractivity contribution in [1.29, 1.82) is 0 Å². The first-order valence-corrected chi connectivity index (χ1v) is 7.78. The molecule has 0 fully saturated rings. The molecule has 1 amide bonds. The van der Waals surface area contributed by atoms with Crippen LogP contribution in [0.2, 0.25) is 0 Å². The van der Waals surface area contributed by atoms with E-state index in [2.05, 4.69) is 41.3 Å². The van der Waals surface area contributed by atoms with Crippen molar-refractivity contribution >= 4 is 16.8 Å². The maximum Gasteiger partial charge on any atom is 0.224 e. The van der Waals surface area contributed by atoms with E-state index in [9.17, 15) is 4.79 Å². The SMILES string of the molecule is Cc1cc(C)c2[nH]c(C)c(CC(=O)NCc3cccnc3)c2c1. The Bertz CT molecular complexity index is 850. The number of aryl methyl sites for hydroxylation is 3. The number of H-pyrrole nitrogens is 1. The third kappa shape index (κ3) is 3.26. The summed E-state index contributed by atoms with van der Waals surface area (Å²) >= 11 is 0. The highest BCUT2D eigenvalue weighted by Gasteiger charge is 2.14. The summed E-state index contributed by atoms with van der Waals surface area (Å²) in [6.07, 6.45) is 3.88. The van der Waals surface area contributed by atoms with Crippen LogP contribution in [0.15, 0.2) is 36.7 Å². The van der Waals surface area contributed by atoms with E-state index in [1.165, 1.54) is 11.1 Å². The van der Waals surface area contributed by atoms with Crippen molar-refractivity contribution in [2.24, 2.45) is 0 Å². The number of fused-ring (bicyclic) bond motifs is 1. The summed E-state index contributed by atoms with van der Waals surface area (Å²) in [6, 6.07) is 8.13. The number of aromatic nitrogens is 2. The molecule has 0 atom stereocenters. The molecule has 4 heteroatoms. The lowest BCUT2D eigenvalue weighted by Crippen LogP contribution is -2.24. The molecule has 2 N–H and O–H groups in total. The van der Waals surface area contributed by atoms with Crippen molar-refractivity contribution in [3.8, 4) is 0 Å². The minimum Gasteiger partial charge on any atom is -0.358 e. The zero-order valence-corrected chi connectivity index (χ0v) is 13.7. The lowest BCUT2D eigenvalue weighted by molar-refractivity contribution is -0.120. The molecule has 4 nitrogen and oxygen atoms in total. The molecule has 2 heterocycles. The number of rotatable bonds is 4. The van der Waals surface area contributed by atoms with Crippen LogP contribution in [0.1, 0.15) is 27.9 Å². The van der Waals surface area contributed by atoms with Gasteiger partial charge in [-0.25, -0.2) is 0 Å². The zero-order chi connectivity index (χ0) is 16.4. The van der Waals surface area contributed by atoms with Gasteiger partial charge in [-0.05, 0) is 49.6 Å². The van der Waals surface area contributed by atoms with Gasteiger partial charge in [-0.15, -0.1) is 0 Å². The van der Waals surface area contributed by atoms with Gasteiger partial charge < -0.3 is 10.3 Å². The topological polar surface area (TPSA) is 57.8 Å². The Labute approximate surface area is 136 Å². The standard InChI is InChI=1S/C19H21N3O/c1-12-7-13(2)19-17(8-12)16(14(3)22-19)9-18(23)21-11-15-5-4-6-20-10-15/h4-8,10,22H,9,11H2,1-3H3,(H,21,23). The number of carbonyl (C=O) groups excluding carboxylic acids is 1. The predicted octanol–water partition coefficient (Wildman–Crippen LogP) is 3.35. The number of nitrogens with zero attached hydrogens (tertiary/aromatic N) is 1. The molecule has 0 saturated heterocycles. The van der Waals surface area contributed by atoms with Gasteiger partial charge in [0, 0.05) is 35.5 Å². The van der Waals surface area contributed by atoms with Crippen LogP contribution in [-0.4, -0.2) is 15.9 Å². The Morgan fingerprint density at radius 3 is 2.83 bits per heavy atom. The fourth-order valence-corrected chi connectivity index (χ4v) is 2.99. The number of hydrogen-bond acceptors (Lipinski definition) is 2. The van der Waals surface area contributed by atoms with Crippen LogP contribution in [0, 0.1) is 20.8 Å². The highest BCUT2D eigenvalue weighted by Crippen LogP contribution is 2.26. The maximum absolute atomic E-state index is 12.3. The Balaban J connectivity index is 1.78. The minimum absolute atomic E-state index is 0.0250. The van der Waals surface area contributed by atoms with E-state index in [1.54, 1.807) is 12.4 Å².